The first-order valence-corrected chi connectivity index (χ1v) is 8.33. The maximum absolute atomic E-state index is 12.5. The number of aromatic amines is 1. The van der Waals surface area contributed by atoms with E-state index >= 15 is 0 Å². The fourth-order valence-corrected chi connectivity index (χ4v) is 2.86. The normalized spacial score (nSPS) is 23.9. The van der Waals surface area contributed by atoms with Crippen molar-refractivity contribution < 1.29 is 28.5 Å². The van der Waals surface area contributed by atoms with E-state index in [1.807, 2.05) is 0 Å². The van der Waals surface area contributed by atoms with Gasteiger partial charge < -0.3 is 18.9 Å². The van der Waals surface area contributed by atoms with Gasteiger partial charge in [0, 0.05) is 26.3 Å². The monoisotopic (exact) mass is 390 g/mol. The highest BCUT2D eigenvalue weighted by atomic mass is 16.7. The van der Waals surface area contributed by atoms with Crippen LogP contribution in [0.1, 0.15) is 23.5 Å². The lowest BCUT2D eigenvalue weighted by Gasteiger charge is -2.23. The molecule has 0 unspecified atom stereocenters. The number of carbonyl (C=O) groups excluding carboxylic acids is 2. The van der Waals surface area contributed by atoms with Crippen molar-refractivity contribution in [3.05, 3.63) is 69.0 Å². The molecule has 1 aromatic carbocycles. The number of rotatable bonds is 5. The average molecular weight is 390 g/mol. The fourth-order valence-electron chi connectivity index (χ4n) is 2.86. The van der Waals surface area contributed by atoms with Crippen molar-refractivity contribution >= 4 is 11.9 Å². The standard InChI is InChI=1S/C18H18N2O8/c1-10(21)26-17-14(27-16(23)11-6-4-3-5-7-11)13(25-2)15(28-17)20-9-8-12(22)19-18(20)24/h3-9,13-15,17H,1-2H3,(H,19,22,24)/t13-,14+,15-,17+/m1/s1. The molecule has 0 bridgehead atoms. The molecule has 10 nitrogen and oxygen atoms in total. The summed E-state index contributed by atoms with van der Waals surface area (Å²) >= 11 is 0. The number of H-pyrrole nitrogens is 1. The van der Waals surface area contributed by atoms with Crippen molar-refractivity contribution in [1.29, 1.82) is 0 Å². The van der Waals surface area contributed by atoms with Crippen molar-refractivity contribution in [2.75, 3.05) is 7.11 Å². The molecule has 1 N–H and O–H groups in total. The first-order chi connectivity index (χ1) is 13.4. The first-order valence-electron chi connectivity index (χ1n) is 8.33. The van der Waals surface area contributed by atoms with E-state index < -0.39 is 47.9 Å². The molecule has 1 aliphatic rings. The van der Waals surface area contributed by atoms with Crippen molar-refractivity contribution in [2.45, 2.75) is 31.6 Å². The Morgan fingerprint density at radius 1 is 1.07 bits per heavy atom. The zero-order valence-corrected chi connectivity index (χ0v) is 15.1. The molecule has 0 amide bonds. The molecule has 0 saturated carbocycles. The molecule has 1 aliphatic heterocycles. The summed E-state index contributed by atoms with van der Waals surface area (Å²) in [5.74, 6) is -1.35. The van der Waals surface area contributed by atoms with Gasteiger partial charge in [-0.05, 0) is 12.1 Å². The molecule has 3 rings (SSSR count). The minimum atomic E-state index is -1.31. The average Bonchev–Trinajstić information content (AvgIpc) is 2.98. The largest absolute Gasteiger partial charge is 0.449 e. The fraction of sp³-hybridized carbons (Fsp3) is 0.333. The van der Waals surface area contributed by atoms with Crippen LogP contribution >= 0.6 is 0 Å². The topological polar surface area (TPSA) is 126 Å². The lowest BCUT2D eigenvalue weighted by molar-refractivity contribution is -0.191. The molecular weight excluding hydrogens is 372 g/mol. The van der Waals surface area contributed by atoms with Crippen LogP contribution < -0.4 is 11.2 Å². The molecule has 0 aliphatic carbocycles. The Morgan fingerprint density at radius 3 is 2.39 bits per heavy atom. The van der Waals surface area contributed by atoms with E-state index in [1.54, 1.807) is 30.3 Å². The van der Waals surface area contributed by atoms with Crippen molar-refractivity contribution in [2.24, 2.45) is 0 Å². The van der Waals surface area contributed by atoms with E-state index in [0.29, 0.717) is 0 Å². The highest BCUT2D eigenvalue weighted by Crippen LogP contribution is 2.33. The Kier molecular flexibility index (Phi) is 5.71. The molecule has 2 aromatic rings. The Morgan fingerprint density at radius 2 is 1.79 bits per heavy atom. The molecule has 4 atom stereocenters. The van der Waals surface area contributed by atoms with Crippen LogP contribution in [0.4, 0.5) is 0 Å². The molecule has 28 heavy (non-hydrogen) atoms. The predicted octanol–water partition coefficient (Wildman–Crippen LogP) is 0.195. The van der Waals surface area contributed by atoms with E-state index in [1.165, 1.54) is 20.2 Å². The minimum absolute atomic E-state index is 0.281. The van der Waals surface area contributed by atoms with Crippen molar-refractivity contribution in [3.63, 3.8) is 0 Å². The van der Waals surface area contributed by atoms with E-state index in [4.69, 9.17) is 18.9 Å². The number of benzene rings is 1. The molecule has 10 heteroatoms. The summed E-state index contributed by atoms with van der Waals surface area (Å²) in [6.07, 6.45) is -3.33. The smallest absolute Gasteiger partial charge is 0.338 e. The number of esters is 2. The lowest BCUT2D eigenvalue weighted by Crippen LogP contribution is -2.41. The van der Waals surface area contributed by atoms with Gasteiger partial charge in [-0.15, -0.1) is 0 Å². The van der Waals surface area contributed by atoms with E-state index in [2.05, 4.69) is 4.98 Å². The van der Waals surface area contributed by atoms with Gasteiger partial charge in [-0.25, -0.2) is 9.59 Å². The Bertz CT molecular complexity index is 967. The molecule has 0 spiro atoms. The molecule has 1 saturated heterocycles. The van der Waals surface area contributed by atoms with Gasteiger partial charge in [-0.2, -0.15) is 0 Å². The predicted molar refractivity (Wildman–Crippen MR) is 93.4 cm³/mol. The quantitative estimate of drug-likeness (QED) is 0.718. The van der Waals surface area contributed by atoms with Gasteiger partial charge in [0.2, 0.25) is 6.29 Å². The van der Waals surface area contributed by atoms with Crippen LogP contribution in [0.25, 0.3) is 0 Å². The van der Waals surface area contributed by atoms with Gasteiger partial charge in [0.15, 0.2) is 12.3 Å². The molecule has 148 valence electrons. The minimum Gasteiger partial charge on any atom is -0.449 e. The van der Waals surface area contributed by atoms with Gasteiger partial charge in [-0.3, -0.25) is 19.1 Å². The van der Waals surface area contributed by atoms with Gasteiger partial charge >= 0.3 is 17.6 Å². The third-order valence-corrected chi connectivity index (χ3v) is 4.08. The van der Waals surface area contributed by atoms with Crippen LogP contribution in [0.2, 0.25) is 0 Å². The second kappa shape index (κ2) is 8.19. The van der Waals surface area contributed by atoms with Gasteiger partial charge in [0.1, 0.15) is 6.10 Å². The molecule has 1 aromatic heterocycles. The molecule has 0 radical (unpaired) electrons. The van der Waals surface area contributed by atoms with E-state index in [-0.39, 0.29) is 5.56 Å². The SMILES string of the molecule is CO[C@@H]1[C@H](OC(=O)c2ccccc2)[C@@H](OC(C)=O)O[C@H]1n1ccc(=O)[nH]c1=O. The third kappa shape index (κ3) is 4.02. The van der Waals surface area contributed by atoms with Gasteiger partial charge in [0.25, 0.3) is 5.56 Å². The molecule has 1 fully saturated rings. The number of aromatic nitrogens is 2. The van der Waals surface area contributed by atoms with Crippen LogP contribution in [-0.2, 0) is 23.7 Å². The zero-order valence-electron chi connectivity index (χ0n) is 15.1. The second-order valence-corrected chi connectivity index (χ2v) is 5.96. The van der Waals surface area contributed by atoms with Crippen LogP contribution in [0, 0.1) is 0 Å². The number of nitrogens with zero attached hydrogens (tertiary/aromatic N) is 1. The summed E-state index contributed by atoms with van der Waals surface area (Å²) in [5, 5.41) is 0. The van der Waals surface area contributed by atoms with Crippen LogP contribution in [0.3, 0.4) is 0 Å². The van der Waals surface area contributed by atoms with Gasteiger partial charge in [-0.1, -0.05) is 18.2 Å². The van der Waals surface area contributed by atoms with Crippen molar-refractivity contribution in [1.82, 2.24) is 9.55 Å². The summed E-state index contributed by atoms with van der Waals surface area (Å²) in [4.78, 5) is 49.4. The second-order valence-electron chi connectivity index (χ2n) is 5.96. The highest BCUT2D eigenvalue weighted by Gasteiger charge is 2.50. The summed E-state index contributed by atoms with van der Waals surface area (Å²) in [7, 11) is 1.33. The Hall–Kier alpha value is -3.24. The Labute approximate surface area is 158 Å². The molecular formula is C18H18N2O8. The van der Waals surface area contributed by atoms with Crippen LogP contribution in [0.5, 0.6) is 0 Å². The summed E-state index contributed by atoms with van der Waals surface area (Å²) in [5.41, 5.74) is -1.06. The third-order valence-electron chi connectivity index (χ3n) is 4.08. The first kappa shape index (κ1) is 19.5. The van der Waals surface area contributed by atoms with Crippen LogP contribution in [-0.4, -0.2) is 47.1 Å². The number of carbonyl (C=O) groups is 2. The zero-order chi connectivity index (χ0) is 20.3. The Balaban J connectivity index is 1.92. The number of hydrogen-bond acceptors (Lipinski definition) is 8. The van der Waals surface area contributed by atoms with Gasteiger partial charge in [0.05, 0.1) is 5.56 Å². The number of hydrogen-bond donors (Lipinski definition) is 1. The van der Waals surface area contributed by atoms with Crippen molar-refractivity contribution in [3.8, 4) is 0 Å². The van der Waals surface area contributed by atoms with E-state index in [9.17, 15) is 19.2 Å². The van der Waals surface area contributed by atoms with Crippen LogP contribution in [0.15, 0.2) is 52.2 Å². The number of ether oxygens (including phenoxy) is 4. The summed E-state index contributed by atoms with van der Waals surface area (Å²) in [6, 6.07) is 9.33. The summed E-state index contributed by atoms with van der Waals surface area (Å²) in [6.45, 7) is 1.17. The maximum atomic E-state index is 12.5. The maximum Gasteiger partial charge on any atom is 0.338 e. The lowest BCUT2D eigenvalue weighted by atomic mass is 10.2. The highest BCUT2D eigenvalue weighted by molar-refractivity contribution is 5.89. The summed E-state index contributed by atoms with van der Waals surface area (Å²) < 4.78 is 22.6. The van der Waals surface area contributed by atoms with E-state index in [0.717, 1.165) is 10.6 Å². The number of nitrogens with one attached hydrogen (secondary N) is 1. The molecule has 2 heterocycles. The number of methoxy groups -OCH3 is 1.